The largest absolute Gasteiger partial charge is 0.624 e. The lowest BCUT2D eigenvalue weighted by Crippen LogP contribution is -2.31. The standard InChI is InChI=1S/C18H19NO3/c20-19-11-17(21-13-15-7-3-1-4-8-15)18(12-19)22-14-16-9-5-2-6-10-16/h1-11,17-18H,12-14H2/t17-,18-/m1/s1. The van der Waals surface area contributed by atoms with Gasteiger partial charge in [-0.25, -0.2) is 4.74 Å². The van der Waals surface area contributed by atoms with Crippen molar-refractivity contribution in [2.75, 3.05) is 6.54 Å². The highest BCUT2D eigenvalue weighted by molar-refractivity contribution is 5.60. The molecular formula is C18H19NO3. The Hall–Kier alpha value is -2.17. The fourth-order valence-corrected chi connectivity index (χ4v) is 2.44. The maximum atomic E-state index is 11.6. The third-order valence-electron chi connectivity index (χ3n) is 3.63. The average Bonchev–Trinajstić information content (AvgIpc) is 2.93. The van der Waals surface area contributed by atoms with Crippen LogP contribution in [0.15, 0.2) is 60.7 Å². The van der Waals surface area contributed by atoms with Crippen molar-refractivity contribution in [2.45, 2.75) is 25.4 Å². The van der Waals surface area contributed by atoms with Crippen molar-refractivity contribution in [2.24, 2.45) is 0 Å². The molecule has 2 aromatic carbocycles. The lowest BCUT2D eigenvalue weighted by molar-refractivity contribution is -0.453. The minimum atomic E-state index is -0.304. The molecule has 0 aliphatic carbocycles. The summed E-state index contributed by atoms with van der Waals surface area (Å²) in [5.41, 5.74) is 2.18. The van der Waals surface area contributed by atoms with Gasteiger partial charge in [-0.15, -0.1) is 0 Å². The van der Waals surface area contributed by atoms with Gasteiger partial charge < -0.3 is 14.7 Å². The summed E-state index contributed by atoms with van der Waals surface area (Å²) in [6.45, 7) is 1.27. The van der Waals surface area contributed by atoms with Crippen molar-refractivity contribution in [1.29, 1.82) is 0 Å². The molecule has 4 heteroatoms. The van der Waals surface area contributed by atoms with Crippen LogP contribution in [0.1, 0.15) is 11.1 Å². The molecule has 0 saturated carbocycles. The van der Waals surface area contributed by atoms with Crippen molar-refractivity contribution in [1.82, 2.24) is 0 Å². The Bertz CT molecular complexity index is 613. The van der Waals surface area contributed by atoms with Gasteiger partial charge in [0.1, 0.15) is 0 Å². The Morgan fingerprint density at radius 2 is 1.41 bits per heavy atom. The second kappa shape index (κ2) is 7.20. The summed E-state index contributed by atoms with van der Waals surface area (Å²) in [7, 11) is 0. The molecule has 0 saturated heterocycles. The van der Waals surface area contributed by atoms with Gasteiger partial charge in [-0.2, -0.15) is 0 Å². The smallest absolute Gasteiger partial charge is 0.183 e. The van der Waals surface area contributed by atoms with E-state index in [4.69, 9.17) is 9.47 Å². The van der Waals surface area contributed by atoms with Gasteiger partial charge in [-0.05, 0) is 11.1 Å². The van der Waals surface area contributed by atoms with Gasteiger partial charge in [0.15, 0.2) is 25.0 Å². The van der Waals surface area contributed by atoms with Gasteiger partial charge in [0.25, 0.3) is 0 Å². The molecule has 2 atom stereocenters. The molecule has 0 bridgehead atoms. The van der Waals surface area contributed by atoms with E-state index in [9.17, 15) is 5.21 Å². The van der Waals surface area contributed by atoms with Crippen LogP contribution >= 0.6 is 0 Å². The Morgan fingerprint density at radius 1 is 0.864 bits per heavy atom. The number of nitrogens with zero attached hydrogens (tertiary/aromatic N) is 1. The zero-order valence-corrected chi connectivity index (χ0v) is 12.3. The first kappa shape index (κ1) is 14.8. The molecule has 22 heavy (non-hydrogen) atoms. The maximum absolute atomic E-state index is 11.6. The lowest BCUT2D eigenvalue weighted by Gasteiger charge is -2.16. The van der Waals surface area contributed by atoms with Crippen LogP contribution in [0.3, 0.4) is 0 Å². The van der Waals surface area contributed by atoms with Crippen LogP contribution < -0.4 is 0 Å². The van der Waals surface area contributed by atoms with Gasteiger partial charge in [0.2, 0.25) is 0 Å². The van der Waals surface area contributed by atoms with Crippen molar-refractivity contribution < 1.29 is 14.2 Å². The summed E-state index contributed by atoms with van der Waals surface area (Å²) < 4.78 is 12.6. The first-order valence-electron chi connectivity index (χ1n) is 7.41. The number of hydrogen-bond acceptors (Lipinski definition) is 3. The molecule has 2 aromatic rings. The predicted molar refractivity (Wildman–Crippen MR) is 84.6 cm³/mol. The van der Waals surface area contributed by atoms with Gasteiger partial charge in [0, 0.05) is 0 Å². The van der Waals surface area contributed by atoms with Crippen molar-refractivity contribution in [3.05, 3.63) is 77.0 Å². The van der Waals surface area contributed by atoms with Crippen molar-refractivity contribution in [3.63, 3.8) is 0 Å². The molecule has 0 fully saturated rings. The fourth-order valence-electron chi connectivity index (χ4n) is 2.44. The summed E-state index contributed by atoms with van der Waals surface area (Å²) in [6.07, 6.45) is 1.02. The molecule has 3 rings (SSSR count). The monoisotopic (exact) mass is 297 g/mol. The number of hydrogen-bond donors (Lipinski definition) is 0. The topological polar surface area (TPSA) is 44.5 Å². The normalized spacial score (nSPS) is 20.8. The number of ether oxygens (including phenoxy) is 2. The summed E-state index contributed by atoms with van der Waals surface area (Å²) in [5, 5.41) is 11.6. The molecule has 0 amide bonds. The predicted octanol–water partition coefficient (Wildman–Crippen LogP) is 2.75. The highest BCUT2D eigenvalue weighted by atomic mass is 16.6. The van der Waals surface area contributed by atoms with Gasteiger partial charge in [-0.1, -0.05) is 60.7 Å². The third kappa shape index (κ3) is 3.93. The number of benzene rings is 2. The first-order valence-corrected chi connectivity index (χ1v) is 7.41. The SMILES string of the molecule is [O-][N+]1=C[C@@H](OCc2ccccc2)[C@H](OCc2ccccc2)C1. The zero-order chi connectivity index (χ0) is 15.2. The molecule has 114 valence electrons. The van der Waals surface area contributed by atoms with E-state index in [2.05, 4.69) is 0 Å². The van der Waals surface area contributed by atoms with Crippen LogP contribution in [0.5, 0.6) is 0 Å². The van der Waals surface area contributed by atoms with Crippen LogP contribution in [0.25, 0.3) is 0 Å². The molecule has 0 radical (unpaired) electrons. The average molecular weight is 297 g/mol. The van der Waals surface area contributed by atoms with Crippen LogP contribution in [0.2, 0.25) is 0 Å². The highest BCUT2D eigenvalue weighted by Crippen LogP contribution is 2.14. The molecule has 1 heterocycles. The maximum Gasteiger partial charge on any atom is 0.183 e. The van der Waals surface area contributed by atoms with Gasteiger partial charge in [-0.3, -0.25) is 0 Å². The van der Waals surface area contributed by atoms with Crippen LogP contribution in [0, 0.1) is 5.21 Å². The van der Waals surface area contributed by atoms with E-state index in [1.807, 2.05) is 60.7 Å². The first-order chi connectivity index (χ1) is 10.8. The molecule has 0 N–H and O–H groups in total. The molecule has 1 aliphatic rings. The van der Waals surface area contributed by atoms with Crippen LogP contribution in [-0.2, 0) is 22.7 Å². The summed E-state index contributed by atoms with van der Waals surface area (Å²) >= 11 is 0. The quantitative estimate of drug-likeness (QED) is 0.608. The number of rotatable bonds is 6. The summed E-state index contributed by atoms with van der Waals surface area (Å²) in [5.74, 6) is 0. The van der Waals surface area contributed by atoms with E-state index in [1.165, 1.54) is 0 Å². The van der Waals surface area contributed by atoms with Gasteiger partial charge in [0.05, 0.1) is 13.2 Å². The minimum absolute atomic E-state index is 0.235. The van der Waals surface area contributed by atoms with E-state index in [-0.39, 0.29) is 12.2 Å². The molecule has 4 nitrogen and oxygen atoms in total. The van der Waals surface area contributed by atoms with E-state index < -0.39 is 0 Å². The second-order valence-corrected chi connectivity index (χ2v) is 5.35. The Morgan fingerprint density at radius 3 is 2.00 bits per heavy atom. The molecule has 1 aliphatic heterocycles. The van der Waals surface area contributed by atoms with E-state index in [1.54, 1.807) is 6.21 Å². The lowest BCUT2D eigenvalue weighted by atomic mass is 10.2. The Balaban J connectivity index is 1.54. The Labute approximate surface area is 130 Å². The van der Waals surface area contributed by atoms with Crippen LogP contribution in [-0.4, -0.2) is 29.7 Å². The van der Waals surface area contributed by atoms with Crippen molar-refractivity contribution >= 4 is 6.21 Å². The number of hydroxylamine groups is 1. The summed E-state index contributed by atoms with van der Waals surface area (Å²) in [4.78, 5) is 0. The molecule has 0 aromatic heterocycles. The molecule has 0 unspecified atom stereocenters. The second-order valence-electron chi connectivity index (χ2n) is 5.35. The van der Waals surface area contributed by atoms with E-state index in [0.29, 0.717) is 19.8 Å². The third-order valence-corrected chi connectivity index (χ3v) is 3.63. The zero-order valence-electron chi connectivity index (χ0n) is 12.3. The highest BCUT2D eigenvalue weighted by Gasteiger charge is 2.33. The van der Waals surface area contributed by atoms with Crippen molar-refractivity contribution in [3.8, 4) is 0 Å². The summed E-state index contributed by atoms with van der Waals surface area (Å²) in [6, 6.07) is 19.9. The van der Waals surface area contributed by atoms with Gasteiger partial charge >= 0.3 is 0 Å². The molecular weight excluding hydrogens is 278 g/mol. The fraction of sp³-hybridized carbons (Fsp3) is 0.278. The van der Waals surface area contributed by atoms with E-state index in [0.717, 1.165) is 15.9 Å². The minimum Gasteiger partial charge on any atom is -0.624 e. The Kier molecular flexibility index (Phi) is 4.83. The molecule has 0 spiro atoms. The van der Waals surface area contributed by atoms with Crippen LogP contribution in [0.4, 0.5) is 0 Å². The van der Waals surface area contributed by atoms with E-state index >= 15 is 0 Å².